The van der Waals surface area contributed by atoms with Crippen molar-refractivity contribution in [1.29, 1.82) is 0 Å². The van der Waals surface area contributed by atoms with Gasteiger partial charge in [0, 0.05) is 12.1 Å². The predicted molar refractivity (Wildman–Crippen MR) is 74.0 cm³/mol. The molecule has 2 rings (SSSR count). The summed E-state index contributed by atoms with van der Waals surface area (Å²) in [6.07, 6.45) is 0. The Morgan fingerprint density at radius 2 is 1.75 bits per heavy atom. The monoisotopic (exact) mass is 292 g/mol. The van der Waals surface area contributed by atoms with Crippen LogP contribution in [-0.4, -0.2) is 12.0 Å². The van der Waals surface area contributed by atoms with Crippen molar-refractivity contribution >= 4 is 19.0 Å². The molecule has 0 saturated carbocycles. The number of para-hydroxylation sites is 1. The topological polar surface area (TPSA) is 78.7 Å². The first kappa shape index (κ1) is 14.0. The number of hydrogen-bond donors (Lipinski definition) is 0. The molecule has 7 heteroatoms. The quantitative estimate of drug-likeness (QED) is 0.481. The Kier molecular flexibility index (Phi) is 4.27. The number of non-ortho nitro benzene ring substituents is 1. The molecule has 1 unspecified atom stereocenters. The van der Waals surface area contributed by atoms with Crippen LogP contribution in [-0.2, 0) is 4.57 Å². The van der Waals surface area contributed by atoms with Gasteiger partial charge in [0.05, 0.1) is 12.0 Å². The summed E-state index contributed by atoms with van der Waals surface area (Å²) >= 11 is 0. The molecule has 0 bridgehead atoms. The lowest BCUT2D eigenvalue weighted by atomic mass is 10.3. The molecule has 0 heterocycles. The standard InChI is InChI=1S/C13H11NO5P/c1-18-12-4-2-3-5-13(12)20(17)19-11-8-6-10(7-9-11)14(15)16/h2-9H,1H3/q+1. The molecule has 0 N–H and O–H groups in total. The second-order valence-corrected chi connectivity index (χ2v) is 4.95. The van der Waals surface area contributed by atoms with Crippen LogP contribution >= 0.6 is 8.03 Å². The fourth-order valence-corrected chi connectivity index (χ4v) is 2.52. The van der Waals surface area contributed by atoms with E-state index in [2.05, 4.69) is 0 Å². The maximum Gasteiger partial charge on any atom is 0.601 e. The number of nitrogens with zero attached hydrogens (tertiary/aromatic N) is 1. The lowest BCUT2D eigenvalue weighted by Gasteiger charge is -1.99. The van der Waals surface area contributed by atoms with Crippen molar-refractivity contribution in [1.82, 2.24) is 0 Å². The van der Waals surface area contributed by atoms with Gasteiger partial charge in [0.2, 0.25) is 0 Å². The molecule has 0 fully saturated rings. The maximum atomic E-state index is 12.1. The highest BCUT2D eigenvalue weighted by Gasteiger charge is 2.28. The summed E-state index contributed by atoms with van der Waals surface area (Å²) in [4.78, 5) is 10.0. The molecular weight excluding hydrogens is 281 g/mol. The average molecular weight is 292 g/mol. The van der Waals surface area contributed by atoms with Crippen LogP contribution in [0.25, 0.3) is 0 Å². The van der Waals surface area contributed by atoms with Crippen LogP contribution in [0, 0.1) is 10.1 Å². The van der Waals surface area contributed by atoms with Gasteiger partial charge in [-0.25, -0.2) is 0 Å². The molecule has 0 aliphatic rings. The molecule has 0 saturated heterocycles. The van der Waals surface area contributed by atoms with Crippen LogP contribution in [0.15, 0.2) is 48.5 Å². The van der Waals surface area contributed by atoms with Crippen LogP contribution < -0.4 is 14.6 Å². The fourth-order valence-electron chi connectivity index (χ4n) is 1.55. The van der Waals surface area contributed by atoms with Crippen LogP contribution in [0.2, 0.25) is 0 Å². The zero-order valence-corrected chi connectivity index (χ0v) is 11.4. The Hall–Kier alpha value is -2.46. The molecule has 0 radical (unpaired) electrons. The molecule has 0 aliphatic heterocycles. The molecule has 0 amide bonds. The summed E-state index contributed by atoms with van der Waals surface area (Å²) in [5, 5.41) is 11.0. The van der Waals surface area contributed by atoms with E-state index in [1.165, 1.54) is 31.4 Å². The van der Waals surface area contributed by atoms with E-state index in [0.29, 0.717) is 16.8 Å². The van der Waals surface area contributed by atoms with Crippen molar-refractivity contribution < 1.29 is 18.7 Å². The first-order chi connectivity index (χ1) is 9.61. The maximum absolute atomic E-state index is 12.1. The van der Waals surface area contributed by atoms with Crippen molar-refractivity contribution in [3.05, 3.63) is 58.6 Å². The molecule has 0 aliphatic carbocycles. The van der Waals surface area contributed by atoms with Crippen LogP contribution in [0.1, 0.15) is 0 Å². The highest BCUT2D eigenvalue weighted by molar-refractivity contribution is 7.49. The second-order valence-electron chi connectivity index (χ2n) is 3.77. The summed E-state index contributed by atoms with van der Waals surface area (Å²) in [7, 11) is -0.668. The third-order valence-electron chi connectivity index (χ3n) is 2.52. The minimum absolute atomic E-state index is 0.0510. The Labute approximate surface area is 116 Å². The smallest absolute Gasteiger partial charge is 0.492 e. The largest absolute Gasteiger partial charge is 0.601 e. The van der Waals surface area contributed by atoms with Crippen molar-refractivity contribution in [2.24, 2.45) is 0 Å². The van der Waals surface area contributed by atoms with Crippen LogP contribution in [0.4, 0.5) is 5.69 Å². The van der Waals surface area contributed by atoms with Crippen molar-refractivity contribution in [2.75, 3.05) is 7.11 Å². The van der Waals surface area contributed by atoms with Gasteiger partial charge in [-0.1, -0.05) is 12.1 Å². The Balaban J connectivity index is 2.17. The Bertz CT molecular complexity index is 641. The lowest BCUT2D eigenvalue weighted by molar-refractivity contribution is -0.384. The van der Waals surface area contributed by atoms with Gasteiger partial charge >= 0.3 is 8.03 Å². The zero-order valence-electron chi connectivity index (χ0n) is 10.6. The van der Waals surface area contributed by atoms with E-state index < -0.39 is 13.0 Å². The van der Waals surface area contributed by atoms with Gasteiger partial charge in [-0.2, -0.15) is 0 Å². The minimum Gasteiger partial charge on any atom is -0.492 e. The van der Waals surface area contributed by atoms with Gasteiger partial charge < -0.3 is 4.74 Å². The fraction of sp³-hybridized carbons (Fsp3) is 0.0769. The second kappa shape index (κ2) is 6.12. The molecule has 2 aromatic rings. The summed E-state index contributed by atoms with van der Waals surface area (Å²) in [5.41, 5.74) is -0.0510. The summed E-state index contributed by atoms with van der Waals surface area (Å²) in [5.74, 6) is 0.762. The summed E-state index contributed by atoms with van der Waals surface area (Å²) in [6.45, 7) is 0. The Morgan fingerprint density at radius 1 is 1.10 bits per heavy atom. The number of methoxy groups -OCH3 is 1. The third kappa shape index (κ3) is 3.10. The van der Waals surface area contributed by atoms with Gasteiger partial charge in [0.25, 0.3) is 11.0 Å². The molecular formula is C13H11NO5P+. The normalized spacial score (nSPS) is 10.8. The first-order valence-corrected chi connectivity index (χ1v) is 6.82. The average Bonchev–Trinajstić information content (AvgIpc) is 2.47. The highest BCUT2D eigenvalue weighted by Crippen LogP contribution is 2.30. The number of rotatable bonds is 5. The van der Waals surface area contributed by atoms with Gasteiger partial charge in [-0.3, -0.25) is 14.6 Å². The molecule has 2 aromatic carbocycles. The SMILES string of the molecule is COc1ccccc1[P+](=O)Oc1ccc([N+](=O)[O-])cc1. The molecule has 0 spiro atoms. The van der Waals surface area contributed by atoms with E-state index in [4.69, 9.17) is 9.26 Å². The summed E-state index contributed by atoms with van der Waals surface area (Å²) in [6, 6.07) is 12.2. The zero-order chi connectivity index (χ0) is 14.5. The van der Waals surface area contributed by atoms with Gasteiger partial charge in [-0.05, 0) is 28.8 Å². The van der Waals surface area contributed by atoms with E-state index in [0.717, 1.165) is 0 Å². The van der Waals surface area contributed by atoms with Gasteiger partial charge in [0.1, 0.15) is 0 Å². The number of nitro benzene ring substituents is 1. The molecule has 102 valence electrons. The van der Waals surface area contributed by atoms with Crippen molar-refractivity contribution in [2.45, 2.75) is 0 Å². The lowest BCUT2D eigenvalue weighted by Crippen LogP contribution is -2.04. The molecule has 6 nitrogen and oxygen atoms in total. The third-order valence-corrected chi connectivity index (χ3v) is 3.66. The van der Waals surface area contributed by atoms with E-state index in [-0.39, 0.29) is 5.69 Å². The number of nitro groups is 1. The van der Waals surface area contributed by atoms with Crippen molar-refractivity contribution in [3.8, 4) is 11.5 Å². The highest BCUT2D eigenvalue weighted by atomic mass is 31.1. The van der Waals surface area contributed by atoms with Crippen LogP contribution in [0.5, 0.6) is 11.5 Å². The van der Waals surface area contributed by atoms with Gasteiger partial charge in [0.15, 0.2) is 11.5 Å². The van der Waals surface area contributed by atoms with Crippen LogP contribution in [0.3, 0.4) is 0 Å². The number of benzene rings is 2. The summed E-state index contributed by atoms with van der Waals surface area (Å²) < 4.78 is 22.5. The molecule has 1 atom stereocenters. The van der Waals surface area contributed by atoms with E-state index in [9.17, 15) is 14.7 Å². The predicted octanol–water partition coefficient (Wildman–Crippen LogP) is 3.05. The van der Waals surface area contributed by atoms with E-state index in [1.807, 2.05) is 0 Å². The van der Waals surface area contributed by atoms with E-state index >= 15 is 0 Å². The number of ether oxygens (including phenoxy) is 1. The number of hydrogen-bond acceptors (Lipinski definition) is 5. The Morgan fingerprint density at radius 3 is 2.35 bits per heavy atom. The minimum atomic E-state index is -2.15. The van der Waals surface area contributed by atoms with Gasteiger partial charge in [-0.15, -0.1) is 0 Å². The van der Waals surface area contributed by atoms with E-state index in [1.54, 1.807) is 24.3 Å². The molecule has 0 aromatic heterocycles. The van der Waals surface area contributed by atoms with Crippen molar-refractivity contribution in [3.63, 3.8) is 0 Å². The first-order valence-electron chi connectivity index (χ1n) is 5.64. The molecule has 20 heavy (non-hydrogen) atoms.